The lowest BCUT2D eigenvalue weighted by Crippen LogP contribution is -2.33. The SMILES string of the molecule is Cc1ccc2c(c1)CC(CNCC1CCCC1C)O2. The Morgan fingerprint density at radius 2 is 2.16 bits per heavy atom. The summed E-state index contributed by atoms with van der Waals surface area (Å²) in [5.74, 6) is 2.87. The van der Waals surface area contributed by atoms with Crippen LogP contribution in [0.15, 0.2) is 18.2 Å². The Kier molecular flexibility index (Phi) is 3.79. The largest absolute Gasteiger partial charge is 0.488 e. The fraction of sp³-hybridized carbons (Fsp3) is 0.647. The van der Waals surface area contributed by atoms with E-state index < -0.39 is 0 Å². The van der Waals surface area contributed by atoms with Crippen LogP contribution in [0.25, 0.3) is 0 Å². The average Bonchev–Trinajstić information content (AvgIpc) is 2.95. The van der Waals surface area contributed by atoms with Crippen molar-refractivity contribution in [3.8, 4) is 5.75 Å². The van der Waals surface area contributed by atoms with Crippen LogP contribution in [0.5, 0.6) is 5.75 Å². The number of hydrogen-bond donors (Lipinski definition) is 1. The van der Waals surface area contributed by atoms with Gasteiger partial charge in [-0.3, -0.25) is 0 Å². The first-order valence-corrected chi connectivity index (χ1v) is 7.69. The number of benzene rings is 1. The molecule has 1 aliphatic carbocycles. The molecule has 3 unspecified atom stereocenters. The highest BCUT2D eigenvalue weighted by Gasteiger charge is 2.25. The zero-order valence-electron chi connectivity index (χ0n) is 12.1. The van der Waals surface area contributed by atoms with Gasteiger partial charge in [0.05, 0.1) is 0 Å². The van der Waals surface area contributed by atoms with Crippen LogP contribution in [0.4, 0.5) is 0 Å². The predicted octanol–water partition coefficient (Wildman–Crippen LogP) is 3.32. The van der Waals surface area contributed by atoms with Crippen molar-refractivity contribution < 1.29 is 4.74 Å². The molecule has 1 aromatic carbocycles. The van der Waals surface area contributed by atoms with E-state index in [1.54, 1.807) is 0 Å². The van der Waals surface area contributed by atoms with Gasteiger partial charge in [0.25, 0.3) is 0 Å². The summed E-state index contributed by atoms with van der Waals surface area (Å²) < 4.78 is 5.99. The van der Waals surface area contributed by atoms with E-state index in [2.05, 4.69) is 37.4 Å². The lowest BCUT2D eigenvalue weighted by Gasteiger charge is -2.18. The third kappa shape index (κ3) is 2.94. The van der Waals surface area contributed by atoms with Gasteiger partial charge in [-0.1, -0.05) is 37.5 Å². The van der Waals surface area contributed by atoms with E-state index in [-0.39, 0.29) is 0 Å². The van der Waals surface area contributed by atoms with Crippen molar-refractivity contribution >= 4 is 0 Å². The van der Waals surface area contributed by atoms with Crippen LogP contribution < -0.4 is 10.1 Å². The summed E-state index contributed by atoms with van der Waals surface area (Å²) in [4.78, 5) is 0. The summed E-state index contributed by atoms with van der Waals surface area (Å²) in [6.45, 7) is 6.69. The van der Waals surface area contributed by atoms with Crippen molar-refractivity contribution in [3.63, 3.8) is 0 Å². The minimum Gasteiger partial charge on any atom is -0.488 e. The molecule has 3 rings (SSSR count). The molecule has 2 aliphatic rings. The van der Waals surface area contributed by atoms with Crippen LogP contribution in [0.1, 0.15) is 37.3 Å². The predicted molar refractivity (Wildman–Crippen MR) is 78.7 cm³/mol. The molecule has 1 aromatic rings. The van der Waals surface area contributed by atoms with Crippen molar-refractivity contribution in [1.29, 1.82) is 0 Å². The molecule has 104 valence electrons. The second kappa shape index (κ2) is 5.54. The maximum Gasteiger partial charge on any atom is 0.123 e. The average molecular weight is 259 g/mol. The molecule has 1 aliphatic heterocycles. The molecule has 0 aromatic heterocycles. The highest BCUT2D eigenvalue weighted by atomic mass is 16.5. The number of aryl methyl sites for hydroxylation is 1. The highest BCUT2D eigenvalue weighted by Crippen LogP contribution is 2.31. The molecule has 0 amide bonds. The van der Waals surface area contributed by atoms with Crippen molar-refractivity contribution in [2.24, 2.45) is 11.8 Å². The van der Waals surface area contributed by atoms with Crippen molar-refractivity contribution in [2.75, 3.05) is 13.1 Å². The van der Waals surface area contributed by atoms with Crippen molar-refractivity contribution in [2.45, 2.75) is 45.6 Å². The van der Waals surface area contributed by atoms with E-state index in [0.29, 0.717) is 6.10 Å². The lowest BCUT2D eigenvalue weighted by atomic mass is 9.98. The van der Waals surface area contributed by atoms with Crippen LogP contribution >= 0.6 is 0 Å². The van der Waals surface area contributed by atoms with E-state index in [1.807, 2.05) is 0 Å². The molecule has 0 radical (unpaired) electrons. The molecule has 2 nitrogen and oxygen atoms in total. The highest BCUT2D eigenvalue weighted by molar-refractivity contribution is 5.40. The standard InChI is InChI=1S/C17H25NO/c1-12-6-7-17-15(8-12)9-16(19-17)11-18-10-14-5-3-4-13(14)2/h6-8,13-14,16,18H,3-5,9-11H2,1-2H3. The summed E-state index contributed by atoms with van der Waals surface area (Å²) in [5.41, 5.74) is 2.71. The van der Waals surface area contributed by atoms with Gasteiger partial charge >= 0.3 is 0 Å². The molecule has 1 saturated carbocycles. The molecule has 2 heteroatoms. The number of fused-ring (bicyclic) bond motifs is 1. The molecule has 1 N–H and O–H groups in total. The normalized spacial score (nSPS) is 29.3. The first-order chi connectivity index (χ1) is 9.22. The first kappa shape index (κ1) is 13.0. The summed E-state index contributed by atoms with van der Waals surface area (Å²) in [5, 5.41) is 3.62. The molecular formula is C17H25NO. The number of ether oxygens (including phenoxy) is 1. The molecule has 1 heterocycles. The fourth-order valence-corrected chi connectivity index (χ4v) is 3.52. The smallest absolute Gasteiger partial charge is 0.123 e. The second-order valence-electron chi connectivity index (χ2n) is 6.38. The third-order valence-electron chi connectivity index (χ3n) is 4.77. The van der Waals surface area contributed by atoms with Gasteiger partial charge in [-0.05, 0) is 43.4 Å². The third-order valence-corrected chi connectivity index (χ3v) is 4.77. The molecule has 1 fully saturated rings. The number of rotatable bonds is 4. The second-order valence-corrected chi connectivity index (χ2v) is 6.38. The molecular weight excluding hydrogens is 234 g/mol. The van der Waals surface area contributed by atoms with E-state index in [9.17, 15) is 0 Å². The Morgan fingerprint density at radius 1 is 1.26 bits per heavy atom. The molecule has 0 saturated heterocycles. The Hall–Kier alpha value is -1.02. The molecule has 0 bridgehead atoms. The molecule has 3 atom stereocenters. The van der Waals surface area contributed by atoms with Crippen LogP contribution in [0.3, 0.4) is 0 Å². The minimum absolute atomic E-state index is 0.327. The zero-order chi connectivity index (χ0) is 13.2. The van der Waals surface area contributed by atoms with Crippen LogP contribution in [-0.2, 0) is 6.42 Å². The Labute approximate surface area is 116 Å². The topological polar surface area (TPSA) is 21.3 Å². The Balaban J connectivity index is 1.46. The van der Waals surface area contributed by atoms with Crippen molar-refractivity contribution in [1.82, 2.24) is 5.32 Å². The monoisotopic (exact) mass is 259 g/mol. The summed E-state index contributed by atoms with van der Waals surface area (Å²) in [7, 11) is 0. The van der Waals surface area contributed by atoms with E-state index >= 15 is 0 Å². The van der Waals surface area contributed by atoms with Gasteiger partial charge in [0, 0.05) is 13.0 Å². The van der Waals surface area contributed by atoms with E-state index in [4.69, 9.17) is 4.74 Å². The molecule has 0 spiro atoms. The zero-order valence-corrected chi connectivity index (χ0v) is 12.1. The van der Waals surface area contributed by atoms with Gasteiger partial charge in [-0.15, -0.1) is 0 Å². The van der Waals surface area contributed by atoms with Gasteiger partial charge in [0.1, 0.15) is 11.9 Å². The van der Waals surface area contributed by atoms with Crippen LogP contribution in [0, 0.1) is 18.8 Å². The number of nitrogens with one attached hydrogen (secondary N) is 1. The Bertz CT molecular complexity index is 443. The molecule has 19 heavy (non-hydrogen) atoms. The van der Waals surface area contributed by atoms with Gasteiger partial charge in [0.2, 0.25) is 0 Å². The van der Waals surface area contributed by atoms with Crippen LogP contribution in [0.2, 0.25) is 0 Å². The van der Waals surface area contributed by atoms with Crippen molar-refractivity contribution in [3.05, 3.63) is 29.3 Å². The summed E-state index contributed by atoms with van der Waals surface area (Å²) in [6.07, 6.45) is 5.62. The van der Waals surface area contributed by atoms with Gasteiger partial charge in [-0.25, -0.2) is 0 Å². The van der Waals surface area contributed by atoms with Gasteiger partial charge in [0.15, 0.2) is 0 Å². The summed E-state index contributed by atoms with van der Waals surface area (Å²) in [6, 6.07) is 6.51. The maximum absolute atomic E-state index is 5.99. The van der Waals surface area contributed by atoms with Crippen LogP contribution in [-0.4, -0.2) is 19.2 Å². The lowest BCUT2D eigenvalue weighted by molar-refractivity contribution is 0.222. The number of hydrogen-bond acceptors (Lipinski definition) is 2. The fourth-order valence-electron chi connectivity index (χ4n) is 3.52. The van der Waals surface area contributed by atoms with Gasteiger partial charge in [-0.2, -0.15) is 0 Å². The van der Waals surface area contributed by atoms with E-state index in [0.717, 1.165) is 37.1 Å². The quantitative estimate of drug-likeness (QED) is 0.895. The Morgan fingerprint density at radius 3 is 2.95 bits per heavy atom. The maximum atomic E-state index is 5.99. The first-order valence-electron chi connectivity index (χ1n) is 7.69. The minimum atomic E-state index is 0.327. The van der Waals surface area contributed by atoms with Gasteiger partial charge < -0.3 is 10.1 Å². The van der Waals surface area contributed by atoms with E-state index in [1.165, 1.54) is 30.4 Å². The summed E-state index contributed by atoms with van der Waals surface area (Å²) >= 11 is 0.